The van der Waals surface area contributed by atoms with Crippen LogP contribution in [0.4, 0.5) is 0 Å². The summed E-state index contributed by atoms with van der Waals surface area (Å²) < 4.78 is 13.1. The molecule has 7 aromatic carbocycles. The number of nitrogens with zero attached hydrogens (tertiary/aromatic N) is 2. The zero-order valence-corrected chi connectivity index (χ0v) is 25.7. The van der Waals surface area contributed by atoms with Gasteiger partial charge in [0, 0.05) is 43.8 Å². The second-order valence-electron chi connectivity index (χ2n) is 12.1. The van der Waals surface area contributed by atoms with Crippen molar-refractivity contribution in [2.24, 2.45) is 0 Å². The first-order valence-electron chi connectivity index (χ1n) is 16.1. The molecule has 4 heteroatoms. The predicted molar refractivity (Wildman–Crippen MR) is 196 cm³/mol. The highest BCUT2D eigenvalue weighted by Gasteiger charge is 2.21. The lowest BCUT2D eigenvalue weighted by molar-refractivity contribution is 0.669. The van der Waals surface area contributed by atoms with Crippen molar-refractivity contribution in [1.82, 2.24) is 9.97 Å². The first-order chi connectivity index (χ1) is 23.8. The van der Waals surface area contributed by atoms with Gasteiger partial charge in [0.2, 0.25) is 0 Å². The molecule has 3 aromatic heterocycles. The summed E-state index contributed by atoms with van der Waals surface area (Å²) in [5.41, 5.74) is 10.1. The maximum Gasteiger partial charge on any atom is 0.160 e. The van der Waals surface area contributed by atoms with Crippen molar-refractivity contribution >= 4 is 54.6 Å². The van der Waals surface area contributed by atoms with E-state index < -0.39 is 0 Å². The number of hydrogen-bond donors (Lipinski definition) is 0. The van der Waals surface area contributed by atoms with Gasteiger partial charge in [-0.15, -0.1) is 0 Å². The van der Waals surface area contributed by atoms with E-state index in [9.17, 15) is 0 Å². The van der Waals surface area contributed by atoms with Crippen LogP contribution in [-0.4, -0.2) is 9.97 Å². The van der Waals surface area contributed by atoms with E-state index in [1.807, 2.05) is 54.6 Å². The van der Waals surface area contributed by atoms with Crippen LogP contribution in [0, 0.1) is 0 Å². The summed E-state index contributed by atoms with van der Waals surface area (Å²) in [5.74, 6) is 0.659. The molecule has 0 bridgehead atoms. The SMILES string of the molecule is c1ccc(-c2nc(-c3cccc4oc5ccccc5c34)cc(-c3ccc(-c4ccccc4)c4oc5cc6ccccc6cc5c34)n2)cc1. The molecule has 0 aliphatic heterocycles. The third kappa shape index (κ3) is 4.16. The first-order valence-corrected chi connectivity index (χ1v) is 16.1. The average Bonchev–Trinajstić information content (AvgIpc) is 3.72. The van der Waals surface area contributed by atoms with Crippen molar-refractivity contribution < 1.29 is 8.83 Å². The van der Waals surface area contributed by atoms with E-state index in [1.165, 1.54) is 0 Å². The van der Waals surface area contributed by atoms with Crippen LogP contribution >= 0.6 is 0 Å². The molecule has 0 aliphatic rings. The molecule has 0 atom stereocenters. The van der Waals surface area contributed by atoms with E-state index >= 15 is 0 Å². The Labute approximate surface area is 275 Å². The van der Waals surface area contributed by atoms with Crippen molar-refractivity contribution in [2.45, 2.75) is 0 Å². The summed E-state index contributed by atoms with van der Waals surface area (Å²) in [4.78, 5) is 10.5. The number of benzene rings is 7. The Morgan fingerprint density at radius 1 is 0.375 bits per heavy atom. The van der Waals surface area contributed by atoms with Gasteiger partial charge >= 0.3 is 0 Å². The lowest BCUT2D eigenvalue weighted by Gasteiger charge is -2.12. The molecule has 0 N–H and O–H groups in total. The minimum Gasteiger partial charge on any atom is -0.456 e. The van der Waals surface area contributed by atoms with Gasteiger partial charge in [0.15, 0.2) is 5.82 Å². The van der Waals surface area contributed by atoms with Gasteiger partial charge < -0.3 is 8.83 Å². The number of aromatic nitrogens is 2. The minimum atomic E-state index is 0.659. The topological polar surface area (TPSA) is 52.1 Å². The molecule has 0 fully saturated rings. The van der Waals surface area contributed by atoms with Crippen LogP contribution in [0.15, 0.2) is 167 Å². The molecule has 48 heavy (non-hydrogen) atoms. The fourth-order valence-corrected chi connectivity index (χ4v) is 7.05. The first kappa shape index (κ1) is 26.7. The molecule has 0 unspecified atom stereocenters. The third-order valence-corrected chi connectivity index (χ3v) is 9.28. The Kier molecular flexibility index (Phi) is 5.84. The normalized spacial score (nSPS) is 11.8. The number of rotatable bonds is 4. The van der Waals surface area contributed by atoms with E-state index in [2.05, 4.69) is 103 Å². The molecule has 10 rings (SSSR count). The smallest absolute Gasteiger partial charge is 0.160 e. The van der Waals surface area contributed by atoms with E-state index in [1.54, 1.807) is 0 Å². The quantitative estimate of drug-likeness (QED) is 0.198. The molecule has 0 saturated heterocycles. The fraction of sp³-hybridized carbons (Fsp3) is 0. The van der Waals surface area contributed by atoms with Crippen LogP contribution in [0.2, 0.25) is 0 Å². The lowest BCUT2D eigenvalue weighted by atomic mass is 9.95. The van der Waals surface area contributed by atoms with Gasteiger partial charge in [0.05, 0.1) is 11.4 Å². The number of furan rings is 2. The van der Waals surface area contributed by atoms with Crippen molar-refractivity contribution in [1.29, 1.82) is 0 Å². The summed E-state index contributed by atoms with van der Waals surface area (Å²) in [7, 11) is 0. The zero-order valence-electron chi connectivity index (χ0n) is 25.7. The molecule has 0 amide bonds. The highest BCUT2D eigenvalue weighted by atomic mass is 16.3. The van der Waals surface area contributed by atoms with Gasteiger partial charge in [0.25, 0.3) is 0 Å². The van der Waals surface area contributed by atoms with Gasteiger partial charge in [-0.1, -0.05) is 121 Å². The summed E-state index contributed by atoms with van der Waals surface area (Å²) in [6, 6.07) is 54.2. The van der Waals surface area contributed by atoms with E-state index in [0.717, 1.165) is 93.9 Å². The molecule has 0 spiro atoms. The number of hydrogen-bond acceptors (Lipinski definition) is 4. The zero-order chi connectivity index (χ0) is 31.6. The molecule has 224 valence electrons. The fourth-order valence-electron chi connectivity index (χ4n) is 7.05. The Morgan fingerprint density at radius 2 is 1.00 bits per heavy atom. The van der Waals surface area contributed by atoms with Crippen molar-refractivity contribution in [2.75, 3.05) is 0 Å². The summed E-state index contributed by atoms with van der Waals surface area (Å²) in [6.07, 6.45) is 0. The second kappa shape index (κ2) is 10.5. The average molecular weight is 615 g/mol. The molecular weight excluding hydrogens is 588 g/mol. The van der Waals surface area contributed by atoms with Crippen LogP contribution in [0.25, 0.3) is 99.7 Å². The predicted octanol–water partition coefficient (Wildman–Crippen LogP) is 12.1. The Bertz CT molecular complexity index is 2830. The van der Waals surface area contributed by atoms with Crippen LogP contribution in [0.1, 0.15) is 0 Å². The van der Waals surface area contributed by atoms with Gasteiger partial charge in [-0.2, -0.15) is 0 Å². The van der Waals surface area contributed by atoms with E-state index in [0.29, 0.717) is 5.82 Å². The maximum atomic E-state index is 6.78. The van der Waals surface area contributed by atoms with Crippen LogP contribution in [-0.2, 0) is 0 Å². The van der Waals surface area contributed by atoms with Gasteiger partial charge in [-0.3, -0.25) is 0 Å². The molecule has 10 aromatic rings. The summed E-state index contributed by atoms with van der Waals surface area (Å²) in [6.45, 7) is 0. The number of fused-ring (bicyclic) bond motifs is 7. The Balaban J connectivity index is 1.30. The van der Waals surface area contributed by atoms with Crippen molar-refractivity contribution in [3.05, 3.63) is 158 Å². The minimum absolute atomic E-state index is 0.659. The molecule has 0 radical (unpaired) electrons. The molecule has 4 nitrogen and oxygen atoms in total. The standard InChI is InChI=1S/C44H26N2O2/c1-3-12-27(13-4-1)31-22-23-33(42-35-24-29-16-7-8-17-30(29)25-40(35)48-43(31)42)37-26-36(45-44(46-37)28-14-5-2-6-15-28)32-19-11-21-39-41(32)34-18-9-10-20-38(34)47-39/h1-26H. The van der Waals surface area contributed by atoms with Gasteiger partial charge in [-0.25, -0.2) is 9.97 Å². The van der Waals surface area contributed by atoms with Crippen molar-refractivity contribution in [3.8, 4) is 45.0 Å². The van der Waals surface area contributed by atoms with E-state index in [-0.39, 0.29) is 0 Å². The lowest BCUT2D eigenvalue weighted by Crippen LogP contribution is -1.96. The van der Waals surface area contributed by atoms with Crippen LogP contribution in [0.3, 0.4) is 0 Å². The Hall–Kier alpha value is -6.52. The second-order valence-corrected chi connectivity index (χ2v) is 12.1. The maximum absolute atomic E-state index is 6.78. The Morgan fingerprint density at radius 3 is 1.79 bits per heavy atom. The highest BCUT2D eigenvalue weighted by Crippen LogP contribution is 2.44. The van der Waals surface area contributed by atoms with Crippen molar-refractivity contribution in [3.63, 3.8) is 0 Å². The third-order valence-electron chi connectivity index (χ3n) is 9.28. The van der Waals surface area contributed by atoms with Crippen LogP contribution in [0.5, 0.6) is 0 Å². The molecule has 0 aliphatic carbocycles. The largest absolute Gasteiger partial charge is 0.456 e. The van der Waals surface area contributed by atoms with Gasteiger partial charge in [0.1, 0.15) is 22.3 Å². The monoisotopic (exact) mass is 614 g/mol. The molecular formula is C44H26N2O2. The number of para-hydroxylation sites is 1. The van der Waals surface area contributed by atoms with Gasteiger partial charge in [-0.05, 0) is 52.7 Å². The van der Waals surface area contributed by atoms with E-state index in [4.69, 9.17) is 18.8 Å². The summed E-state index contributed by atoms with van der Waals surface area (Å²) in [5, 5.41) is 6.50. The molecule has 3 heterocycles. The highest BCUT2D eigenvalue weighted by molar-refractivity contribution is 6.19. The van der Waals surface area contributed by atoms with Crippen LogP contribution < -0.4 is 0 Å². The summed E-state index contributed by atoms with van der Waals surface area (Å²) >= 11 is 0. The molecule has 0 saturated carbocycles.